The monoisotopic (exact) mass is 337 g/mol. The van der Waals surface area contributed by atoms with Crippen molar-refractivity contribution >= 4 is 21.6 Å². The van der Waals surface area contributed by atoms with Gasteiger partial charge in [0.25, 0.3) is 0 Å². The second-order valence-corrected chi connectivity index (χ2v) is 5.55. The standard InChI is InChI=1S/C16H17BrFNO/c1-11(2)20-14-8-6-13(7-9-14)19-10-12-4-3-5-15(18)16(12)17/h3-9,11,19H,10H2,1-2H3. The molecule has 0 amide bonds. The van der Waals surface area contributed by atoms with E-state index in [1.807, 2.05) is 44.2 Å². The molecular weight excluding hydrogens is 321 g/mol. The van der Waals surface area contributed by atoms with Crippen molar-refractivity contribution in [1.82, 2.24) is 0 Å². The maximum absolute atomic E-state index is 13.4. The molecule has 20 heavy (non-hydrogen) atoms. The SMILES string of the molecule is CC(C)Oc1ccc(NCc2cccc(F)c2Br)cc1. The van der Waals surface area contributed by atoms with E-state index >= 15 is 0 Å². The third-order valence-electron chi connectivity index (χ3n) is 2.74. The van der Waals surface area contributed by atoms with Gasteiger partial charge in [-0.05, 0) is 65.7 Å². The predicted octanol–water partition coefficient (Wildman–Crippen LogP) is 4.99. The van der Waals surface area contributed by atoms with E-state index in [-0.39, 0.29) is 11.9 Å². The second kappa shape index (κ2) is 6.75. The third kappa shape index (κ3) is 3.97. The molecule has 0 saturated heterocycles. The molecule has 0 aliphatic rings. The van der Waals surface area contributed by atoms with Crippen LogP contribution >= 0.6 is 15.9 Å². The smallest absolute Gasteiger partial charge is 0.137 e. The van der Waals surface area contributed by atoms with Crippen LogP contribution in [0.25, 0.3) is 0 Å². The van der Waals surface area contributed by atoms with Gasteiger partial charge in [0, 0.05) is 12.2 Å². The summed E-state index contributed by atoms with van der Waals surface area (Å²) in [4.78, 5) is 0. The first-order valence-electron chi connectivity index (χ1n) is 6.49. The molecule has 2 aromatic rings. The molecule has 0 bridgehead atoms. The maximum atomic E-state index is 13.4. The van der Waals surface area contributed by atoms with Gasteiger partial charge in [0.1, 0.15) is 11.6 Å². The number of benzene rings is 2. The minimum atomic E-state index is -0.245. The van der Waals surface area contributed by atoms with E-state index in [4.69, 9.17) is 4.74 Å². The van der Waals surface area contributed by atoms with Crippen molar-refractivity contribution in [1.29, 1.82) is 0 Å². The maximum Gasteiger partial charge on any atom is 0.137 e. The van der Waals surface area contributed by atoms with Gasteiger partial charge in [-0.1, -0.05) is 12.1 Å². The lowest BCUT2D eigenvalue weighted by molar-refractivity contribution is 0.242. The van der Waals surface area contributed by atoms with E-state index in [0.717, 1.165) is 17.0 Å². The van der Waals surface area contributed by atoms with Crippen LogP contribution in [-0.2, 0) is 6.54 Å². The van der Waals surface area contributed by atoms with Crippen LogP contribution in [0.5, 0.6) is 5.75 Å². The highest BCUT2D eigenvalue weighted by Gasteiger charge is 2.05. The molecule has 2 aromatic carbocycles. The highest BCUT2D eigenvalue weighted by Crippen LogP contribution is 2.22. The van der Waals surface area contributed by atoms with Crippen molar-refractivity contribution in [3.8, 4) is 5.75 Å². The van der Waals surface area contributed by atoms with Crippen molar-refractivity contribution in [3.63, 3.8) is 0 Å². The fourth-order valence-corrected chi connectivity index (χ4v) is 2.21. The molecule has 0 heterocycles. The Morgan fingerprint density at radius 1 is 1.15 bits per heavy atom. The molecule has 106 valence electrons. The lowest BCUT2D eigenvalue weighted by Crippen LogP contribution is -2.05. The van der Waals surface area contributed by atoms with Crippen LogP contribution in [0.2, 0.25) is 0 Å². The van der Waals surface area contributed by atoms with Gasteiger partial charge in [0.15, 0.2) is 0 Å². The summed E-state index contributed by atoms with van der Waals surface area (Å²) in [5.41, 5.74) is 1.85. The average molecular weight is 338 g/mol. The predicted molar refractivity (Wildman–Crippen MR) is 83.6 cm³/mol. The van der Waals surface area contributed by atoms with Crippen LogP contribution in [0.15, 0.2) is 46.9 Å². The van der Waals surface area contributed by atoms with Crippen LogP contribution in [0.1, 0.15) is 19.4 Å². The van der Waals surface area contributed by atoms with E-state index < -0.39 is 0 Å². The molecule has 1 N–H and O–H groups in total. The fraction of sp³-hybridized carbons (Fsp3) is 0.250. The zero-order valence-electron chi connectivity index (χ0n) is 11.5. The van der Waals surface area contributed by atoms with Crippen LogP contribution in [0.4, 0.5) is 10.1 Å². The molecule has 0 spiro atoms. The van der Waals surface area contributed by atoms with Gasteiger partial charge in [-0.2, -0.15) is 0 Å². The van der Waals surface area contributed by atoms with Gasteiger partial charge in [-0.15, -0.1) is 0 Å². The highest BCUT2D eigenvalue weighted by molar-refractivity contribution is 9.10. The van der Waals surface area contributed by atoms with E-state index in [1.54, 1.807) is 6.07 Å². The van der Waals surface area contributed by atoms with E-state index in [1.165, 1.54) is 6.07 Å². The summed E-state index contributed by atoms with van der Waals surface area (Å²) in [6, 6.07) is 12.8. The summed E-state index contributed by atoms with van der Waals surface area (Å²) in [7, 11) is 0. The van der Waals surface area contributed by atoms with Crippen molar-refractivity contribution in [2.24, 2.45) is 0 Å². The Bertz CT molecular complexity index is 569. The molecular formula is C16H17BrFNO. The van der Waals surface area contributed by atoms with Crippen LogP contribution < -0.4 is 10.1 Å². The van der Waals surface area contributed by atoms with Gasteiger partial charge in [-0.25, -0.2) is 4.39 Å². The summed E-state index contributed by atoms with van der Waals surface area (Å²) < 4.78 is 19.5. The first kappa shape index (κ1) is 14.9. The summed E-state index contributed by atoms with van der Waals surface area (Å²) >= 11 is 3.26. The van der Waals surface area contributed by atoms with Crippen LogP contribution in [0.3, 0.4) is 0 Å². The zero-order chi connectivity index (χ0) is 14.5. The fourth-order valence-electron chi connectivity index (χ4n) is 1.81. The van der Waals surface area contributed by atoms with Gasteiger partial charge in [0.2, 0.25) is 0 Å². The minimum absolute atomic E-state index is 0.164. The first-order valence-corrected chi connectivity index (χ1v) is 7.29. The van der Waals surface area contributed by atoms with Crippen LogP contribution in [0, 0.1) is 5.82 Å². The van der Waals surface area contributed by atoms with E-state index in [2.05, 4.69) is 21.2 Å². The number of halogens is 2. The molecule has 0 radical (unpaired) electrons. The second-order valence-electron chi connectivity index (χ2n) is 4.76. The summed E-state index contributed by atoms with van der Waals surface area (Å²) in [5, 5.41) is 3.26. The molecule has 0 aliphatic carbocycles. The minimum Gasteiger partial charge on any atom is -0.491 e. The number of rotatable bonds is 5. The Kier molecular flexibility index (Phi) is 5.01. The van der Waals surface area contributed by atoms with E-state index in [9.17, 15) is 4.39 Å². The Morgan fingerprint density at radius 2 is 1.85 bits per heavy atom. The Morgan fingerprint density at radius 3 is 2.50 bits per heavy atom. The molecule has 2 rings (SSSR count). The molecule has 0 fully saturated rings. The molecule has 0 atom stereocenters. The summed E-state index contributed by atoms with van der Waals surface area (Å²) in [6.45, 7) is 4.55. The van der Waals surface area contributed by atoms with Gasteiger partial charge in [-0.3, -0.25) is 0 Å². The van der Waals surface area contributed by atoms with Crippen molar-refractivity contribution < 1.29 is 9.13 Å². The van der Waals surface area contributed by atoms with Gasteiger partial charge >= 0.3 is 0 Å². The van der Waals surface area contributed by atoms with Gasteiger partial charge in [0.05, 0.1) is 10.6 Å². The molecule has 4 heteroatoms. The average Bonchev–Trinajstić information content (AvgIpc) is 2.41. The Balaban J connectivity index is 1.99. The van der Waals surface area contributed by atoms with Crippen molar-refractivity contribution in [2.45, 2.75) is 26.5 Å². The Hall–Kier alpha value is -1.55. The Labute approximate surface area is 127 Å². The van der Waals surface area contributed by atoms with E-state index in [0.29, 0.717) is 11.0 Å². The largest absolute Gasteiger partial charge is 0.491 e. The van der Waals surface area contributed by atoms with Gasteiger partial charge < -0.3 is 10.1 Å². The number of nitrogens with one attached hydrogen (secondary N) is 1. The third-order valence-corrected chi connectivity index (χ3v) is 3.63. The quantitative estimate of drug-likeness (QED) is 0.829. The lowest BCUT2D eigenvalue weighted by atomic mass is 10.2. The highest BCUT2D eigenvalue weighted by atomic mass is 79.9. The summed E-state index contributed by atoms with van der Waals surface area (Å²) in [6.07, 6.45) is 0.164. The topological polar surface area (TPSA) is 21.3 Å². The zero-order valence-corrected chi connectivity index (χ0v) is 13.1. The lowest BCUT2D eigenvalue weighted by Gasteiger charge is -2.12. The molecule has 2 nitrogen and oxygen atoms in total. The first-order chi connectivity index (χ1) is 9.56. The number of ether oxygens (including phenoxy) is 1. The number of hydrogen-bond acceptors (Lipinski definition) is 2. The molecule has 0 aromatic heterocycles. The van der Waals surface area contributed by atoms with Crippen molar-refractivity contribution in [3.05, 3.63) is 58.3 Å². The summed E-state index contributed by atoms with van der Waals surface area (Å²) in [5.74, 6) is 0.600. The number of hydrogen-bond donors (Lipinski definition) is 1. The number of anilines is 1. The molecule has 0 unspecified atom stereocenters. The normalized spacial score (nSPS) is 10.7. The molecule has 0 saturated carbocycles. The van der Waals surface area contributed by atoms with Crippen LogP contribution in [-0.4, -0.2) is 6.10 Å². The molecule has 0 aliphatic heterocycles. The van der Waals surface area contributed by atoms with Crippen molar-refractivity contribution in [2.75, 3.05) is 5.32 Å².